The van der Waals surface area contributed by atoms with Crippen LogP contribution in [0.1, 0.15) is 40.2 Å². The molecule has 1 fully saturated rings. The molecular weight excluding hydrogens is 428 g/mol. The molecule has 1 aliphatic rings. The minimum atomic E-state index is -0.303. The Morgan fingerprint density at radius 1 is 1.09 bits per heavy atom. The number of aromatic amines is 1. The largest absolute Gasteiger partial charge is 0.335 e. The van der Waals surface area contributed by atoms with Gasteiger partial charge >= 0.3 is 0 Å². The summed E-state index contributed by atoms with van der Waals surface area (Å²) >= 11 is 0. The van der Waals surface area contributed by atoms with E-state index >= 15 is 0 Å². The molecule has 1 aliphatic heterocycles. The van der Waals surface area contributed by atoms with Crippen LogP contribution in [-0.4, -0.2) is 37.9 Å². The van der Waals surface area contributed by atoms with Gasteiger partial charge in [-0.15, -0.1) is 0 Å². The monoisotopic (exact) mass is 454 g/mol. The van der Waals surface area contributed by atoms with Gasteiger partial charge < -0.3 is 9.88 Å². The number of aromatic nitrogens is 3. The summed E-state index contributed by atoms with van der Waals surface area (Å²) in [6.45, 7) is 3.04. The molecule has 172 valence electrons. The van der Waals surface area contributed by atoms with Gasteiger partial charge in [0.2, 0.25) is 5.56 Å². The highest BCUT2D eigenvalue weighted by molar-refractivity contribution is 5.94. The third-order valence-corrected chi connectivity index (χ3v) is 6.48. The topological polar surface area (TPSA) is 88.1 Å². The highest BCUT2D eigenvalue weighted by Gasteiger charge is 2.31. The van der Waals surface area contributed by atoms with E-state index in [1.165, 1.54) is 12.3 Å². The van der Waals surface area contributed by atoms with Gasteiger partial charge in [-0.05, 0) is 37.5 Å². The maximum atomic E-state index is 13.4. The predicted octanol–water partition coefficient (Wildman–Crippen LogP) is 3.29. The summed E-state index contributed by atoms with van der Waals surface area (Å²) in [5.41, 5.74) is 2.63. The number of H-pyrrole nitrogens is 1. The molecule has 1 unspecified atom stereocenters. The van der Waals surface area contributed by atoms with E-state index in [1.54, 1.807) is 4.57 Å². The van der Waals surface area contributed by atoms with Gasteiger partial charge in [0, 0.05) is 36.8 Å². The second-order valence-corrected chi connectivity index (χ2v) is 8.87. The van der Waals surface area contributed by atoms with Gasteiger partial charge in [-0.3, -0.25) is 19.0 Å². The number of likely N-dealkylation sites (tertiary alicyclic amines) is 1. The number of nitrogens with zero attached hydrogens (tertiary/aromatic N) is 3. The second-order valence-electron chi connectivity index (χ2n) is 8.87. The van der Waals surface area contributed by atoms with Crippen LogP contribution in [0.15, 0.2) is 76.4 Å². The number of hydrogen-bond donors (Lipinski definition) is 1. The standard InChI is InChI=1S/C27H26N4O3/c1-18-9-11-20(12-10-18)26(33)30-13-5-8-21(30)14-24-29-23-15-25(32)28-16-22(23)27(34)31(24)17-19-6-3-2-4-7-19/h2-4,6-7,9-12,15-16,21H,5,8,13-14,17H2,1H3,(H,28,32). The Bertz CT molecular complexity index is 1460. The molecule has 0 aliphatic carbocycles. The molecule has 0 saturated carbocycles. The molecule has 0 bridgehead atoms. The van der Waals surface area contributed by atoms with E-state index < -0.39 is 0 Å². The van der Waals surface area contributed by atoms with Crippen molar-refractivity contribution in [2.45, 2.75) is 38.8 Å². The van der Waals surface area contributed by atoms with E-state index in [0.717, 1.165) is 24.0 Å². The van der Waals surface area contributed by atoms with Crippen molar-refractivity contribution in [3.63, 3.8) is 0 Å². The number of benzene rings is 2. The molecule has 7 heteroatoms. The van der Waals surface area contributed by atoms with Crippen LogP contribution >= 0.6 is 0 Å². The SMILES string of the molecule is Cc1ccc(C(=O)N2CCCC2Cc2nc3cc(=O)[nH]cc3c(=O)n2Cc2ccccc2)cc1. The Morgan fingerprint density at radius 3 is 2.62 bits per heavy atom. The maximum absolute atomic E-state index is 13.4. The summed E-state index contributed by atoms with van der Waals surface area (Å²) in [6.07, 6.45) is 3.62. The minimum Gasteiger partial charge on any atom is -0.335 e. The molecule has 2 aromatic carbocycles. The van der Waals surface area contributed by atoms with Crippen LogP contribution in [-0.2, 0) is 13.0 Å². The summed E-state index contributed by atoms with van der Waals surface area (Å²) in [7, 11) is 0. The summed E-state index contributed by atoms with van der Waals surface area (Å²) in [6, 6.07) is 18.6. The minimum absolute atomic E-state index is 0.00306. The molecule has 1 N–H and O–H groups in total. The first-order valence-electron chi connectivity index (χ1n) is 11.5. The number of carbonyl (C=O) groups excluding carboxylic acids is 1. The van der Waals surface area contributed by atoms with Gasteiger partial charge in [0.15, 0.2) is 0 Å². The molecule has 1 saturated heterocycles. The average molecular weight is 455 g/mol. The summed E-state index contributed by atoms with van der Waals surface area (Å²) in [5, 5.41) is 0.373. The molecule has 1 atom stereocenters. The number of amides is 1. The van der Waals surface area contributed by atoms with Gasteiger partial charge in [-0.2, -0.15) is 0 Å². The molecule has 1 amide bonds. The number of rotatable bonds is 5. The van der Waals surface area contributed by atoms with Crippen molar-refractivity contribution < 1.29 is 4.79 Å². The second kappa shape index (κ2) is 9.09. The number of nitrogens with one attached hydrogen (secondary N) is 1. The Balaban J connectivity index is 1.53. The van der Waals surface area contributed by atoms with Crippen molar-refractivity contribution in [1.82, 2.24) is 19.4 Å². The fourth-order valence-electron chi connectivity index (χ4n) is 4.66. The van der Waals surface area contributed by atoms with Gasteiger partial charge in [0.05, 0.1) is 17.4 Å². The van der Waals surface area contributed by atoms with Crippen LogP contribution in [0.4, 0.5) is 0 Å². The van der Waals surface area contributed by atoms with Crippen LogP contribution in [0.5, 0.6) is 0 Å². The van der Waals surface area contributed by atoms with E-state index in [4.69, 9.17) is 4.98 Å². The van der Waals surface area contributed by atoms with E-state index in [2.05, 4.69) is 4.98 Å². The normalized spacial score (nSPS) is 15.7. The first-order chi connectivity index (χ1) is 16.5. The van der Waals surface area contributed by atoms with E-state index in [9.17, 15) is 14.4 Å². The predicted molar refractivity (Wildman–Crippen MR) is 131 cm³/mol. The fourth-order valence-corrected chi connectivity index (χ4v) is 4.66. The zero-order valence-corrected chi connectivity index (χ0v) is 19.0. The summed E-state index contributed by atoms with van der Waals surface area (Å²) < 4.78 is 1.67. The maximum Gasteiger partial charge on any atom is 0.263 e. The molecule has 34 heavy (non-hydrogen) atoms. The summed E-state index contributed by atoms with van der Waals surface area (Å²) in [5.74, 6) is 0.581. The highest BCUT2D eigenvalue weighted by atomic mass is 16.2. The Labute approximate surface area is 196 Å². The van der Waals surface area contributed by atoms with Gasteiger partial charge in [-0.1, -0.05) is 48.0 Å². The summed E-state index contributed by atoms with van der Waals surface area (Å²) in [4.78, 5) is 47.8. The number of aryl methyl sites for hydroxylation is 1. The van der Waals surface area contributed by atoms with Gasteiger partial charge in [0.1, 0.15) is 5.82 Å². The Morgan fingerprint density at radius 2 is 1.85 bits per heavy atom. The van der Waals surface area contributed by atoms with Gasteiger partial charge in [0.25, 0.3) is 11.5 Å². The average Bonchev–Trinajstić information content (AvgIpc) is 3.30. The van der Waals surface area contributed by atoms with Crippen molar-refractivity contribution >= 4 is 16.8 Å². The molecule has 5 rings (SSSR count). The lowest BCUT2D eigenvalue weighted by Gasteiger charge is -2.26. The highest BCUT2D eigenvalue weighted by Crippen LogP contribution is 2.24. The van der Waals surface area contributed by atoms with Crippen molar-refractivity contribution in [3.8, 4) is 0 Å². The number of carbonyl (C=O) groups is 1. The van der Waals surface area contributed by atoms with Crippen LogP contribution in [0.25, 0.3) is 10.9 Å². The molecule has 0 spiro atoms. The van der Waals surface area contributed by atoms with Crippen LogP contribution in [0.3, 0.4) is 0 Å². The molecule has 3 heterocycles. The third kappa shape index (κ3) is 4.29. The number of fused-ring (bicyclic) bond motifs is 1. The zero-order valence-electron chi connectivity index (χ0n) is 19.0. The Hall–Kier alpha value is -4.00. The fraction of sp³-hybridized carbons (Fsp3) is 0.259. The van der Waals surface area contributed by atoms with Crippen molar-refractivity contribution in [2.24, 2.45) is 0 Å². The van der Waals surface area contributed by atoms with Crippen molar-refractivity contribution in [3.05, 3.63) is 110 Å². The lowest BCUT2D eigenvalue weighted by atomic mass is 10.1. The molecular formula is C27H26N4O3. The lowest BCUT2D eigenvalue weighted by molar-refractivity contribution is 0.0734. The van der Waals surface area contributed by atoms with Crippen LogP contribution in [0.2, 0.25) is 0 Å². The lowest BCUT2D eigenvalue weighted by Crippen LogP contribution is -2.38. The quantitative estimate of drug-likeness (QED) is 0.501. The first-order valence-corrected chi connectivity index (χ1v) is 11.5. The van der Waals surface area contributed by atoms with Crippen LogP contribution in [0, 0.1) is 6.92 Å². The smallest absolute Gasteiger partial charge is 0.263 e. The van der Waals surface area contributed by atoms with Crippen molar-refractivity contribution in [2.75, 3.05) is 6.54 Å². The molecule has 7 nitrogen and oxygen atoms in total. The van der Waals surface area contributed by atoms with E-state index in [0.29, 0.717) is 41.8 Å². The molecule has 4 aromatic rings. The molecule has 0 radical (unpaired) electrons. The Kier molecular flexibility index (Phi) is 5.84. The van der Waals surface area contributed by atoms with E-state index in [-0.39, 0.29) is 23.1 Å². The third-order valence-electron chi connectivity index (χ3n) is 6.48. The van der Waals surface area contributed by atoms with E-state index in [1.807, 2.05) is 66.4 Å². The zero-order chi connectivity index (χ0) is 23.7. The first kappa shape index (κ1) is 21.8. The van der Waals surface area contributed by atoms with Crippen molar-refractivity contribution in [1.29, 1.82) is 0 Å². The van der Waals surface area contributed by atoms with Gasteiger partial charge in [-0.25, -0.2) is 4.98 Å². The number of hydrogen-bond acceptors (Lipinski definition) is 4. The molecule has 2 aromatic heterocycles. The number of pyridine rings is 1. The van der Waals surface area contributed by atoms with Crippen LogP contribution < -0.4 is 11.1 Å².